The molecule has 0 aliphatic carbocycles. The lowest BCUT2D eigenvalue weighted by Gasteiger charge is -2.23. The third-order valence-corrected chi connectivity index (χ3v) is 4.18. The summed E-state index contributed by atoms with van der Waals surface area (Å²) in [5, 5.41) is 0. The number of esters is 3. The molecule has 1 heterocycles. The Balaban J connectivity index is 2.91. The topological polar surface area (TPSA) is 88.1 Å². The fraction of sp³-hybridized carbons (Fsp3) is 0.667. The zero-order valence-electron chi connectivity index (χ0n) is 13.7. The number of ether oxygens (including phenoxy) is 4. The van der Waals surface area contributed by atoms with Crippen molar-refractivity contribution in [2.24, 2.45) is 0 Å². The third-order valence-electron chi connectivity index (χ3n) is 2.82. The lowest BCUT2D eigenvalue weighted by molar-refractivity contribution is -0.165. The molecule has 1 aliphatic rings. The first-order valence-electron chi connectivity index (χ1n) is 7.10. The van der Waals surface area contributed by atoms with Crippen LogP contribution in [0.1, 0.15) is 27.7 Å². The van der Waals surface area contributed by atoms with Crippen LogP contribution in [-0.2, 0) is 33.3 Å². The summed E-state index contributed by atoms with van der Waals surface area (Å²) in [6.45, 7) is 9.38. The molecule has 0 aromatic carbocycles. The average Bonchev–Trinajstić information content (AvgIpc) is 2.71. The first-order valence-corrected chi connectivity index (χ1v) is 8.14. The zero-order chi connectivity index (χ0) is 17.6. The first kappa shape index (κ1) is 19.5. The predicted octanol–water partition coefficient (Wildman–Crippen LogP) is 1.45. The van der Waals surface area contributed by atoms with Gasteiger partial charge in [-0.25, -0.2) is 0 Å². The molecular weight excluding hydrogens is 324 g/mol. The quantitative estimate of drug-likeness (QED) is 0.389. The van der Waals surface area contributed by atoms with Gasteiger partial charge in [0.2, 0.25) is 0 Å². The normalized spacial score (nSPS) is 26.4. The van der Waals surface area contributed by atoms with E-state index in [4.69, 9.17) is 18.9 Å². The van der Waals surface area contributed by atoms with E-state index >= 15 is 0 Å². The zero-order valence-corrected chi connectivity index (χ0v) is 14.5. The van der Waals surface area contributed by atoms with Crippen LogP contribution >= 0.6 is 11.8 Å². The fourth-order valence-electron chi connectivity index (χ4n) is 2.03. The smallest absolute Gasteiger partial charge is 0.303 e. The van der Waals surface area contributed by atoms with Crippen LogP contribution in [0, 0.1) is 0 Å². The molecule has 0 N–H and O–H groups in total. The van der Waals surface area contributed by atoms with Gasteiger partial charge in [-0.1, -0.05) is 12.2 Å². The van der Waals surface area contributed by atoms with Crippen molar-refractivity contribution in [3.8, 4) is 0 Å². The Morgan fingerprint density at radius 3 is 2.04 bits per heavy atom. The Morgan fingerprint density at radius 1 is 1.00 bits per heavy atom. The van der Waals surface area contributed by atoms with Crippen LogP contribution in [0.4, 0.5) is 0 Å². The number of rotatable bonds is 7. The Hall–Kier alpha value is -1.54. The molecule has 1 rings (SSSR count). The molecular formula is C15H22O7S. The van der Waals surface area contributed by atoms with E-state index in [1.807, 2.05) is 6.92 Å². The molecule has 7 nitrogen and oxygen atoms in total. The molecule has 0 radical (unpaired) electrons. The fourth-order valence-corrected chi connectivity index (χ4v) is 3.10. The van der Waals surface area contributed by atoms with Crippen LogP contribution < -0.4 is 0 Å². The summed E-state index contributed by atoms with van der Waals surface area (Å²) in [6, 6.07) is 0. The van der Waals surface area contributed by atoms with Crippen LogP contribution in [0.25, 0.3) is 0 Å². The number of carbonyl (C=O) groups is 3. The van der Waals surface area contributed by atoms with Gasteiger partial charge in [0, 0.05) is 26.5 Å². The minimum Gasteiger partial charge on any atom is -0.463 e. The molecule has 1 unspecified atom stereocenters. The van der Waals surface area contributed by atoms with Crippen LogP contribution in [-0.4, -0.2) is 54.0 Å². The Labute approximate surface area is 139 Å². The van der Waals surface area contributed by atoms with Crippen LogP contribution in [0.15, 0.2) is 12.2 Å². The molecule has 0 saturated carbocycles. The van der Waals surface area contributed by atoms with Gasteiger partial charge in [0.05, 0.1) is 0 Å². The van der Waals surface area contributed by atoms with E-state index in [0.29, 0.717) is 5.75 Å². The summed E-state index contributed by atoms with van der Waals surface area (Å²) in [5.74, 6) is -0.925. The van der Waals surface area contributed by atoms with E-state index in [9.17, 15) is 14.4 Å². The lowest BCUT2D eigenvalue weighted by atomic mass is 10.1. The number of hydrogen-bond acceptors (Lipinski definition) is 8. The average molecular weight is 346 g/mol. The molecule has 1 fully saturated rings. The van der Waals surface area contributed by atoms with Crippen molar-refractivity contribution < 1.29 is 33.3 Å². The number of hydrogen-bond donors (Lipinski definition) is 0. The molecule has 23 heavy (non-hydrogen) atoms. The van der Waals surface area contributed by atoms with E-state index in [1.165, 1.54) is 32.5 Å². The van der Waals surface area contributed by atoms with E-state index in [1.54, 1.807) is 0 Å². The first-order chi connectivity index (χ1) is 10.7. The van der Waals surface area contributed by atoms with Crippen molar-refractivity contribution >= 4 is 29.7 Å². The second kappa shape index (κ2) is 8.93. The number of carbonyl (C=O) groups excluding carboxylic acids is 3. The second-order valence-corrected chi connectivity index (χ2v) is 6.35. The minimum atomic E-state index is -0.835. The van der Waals surface area contributed by atoms with Gasteiger partial charge in [-0.3, -0.25) is 14.4 Å². The van der Waals surface area contributed by atoms with E-state index in [0.717, 1.165) is 5.57 Å². The highest BCUT2D eigenvalue weighted by Crippen LogP contribution is 2.34. The van der Waals surface area contributed by atoms with Gasteiger partial charge in [-0.2, -0.15) is 0 Å². The third kappa shape index (κ3) is 6.62. The molecule has 4 atom stereocenters. The monoisotopic (exact) mass is 346 g/mol. The summed E-state index contributed by atoms with van der Waals surface area (Å²) in [5.41, 5.74) is 0.383. The summed E-state index contributed by atoms with van der Waals surface area (Å²) >= 11 is 1.38. The van der Waals surface area contributed by atoms with Gasteiger partial charge < -0.3 is 18.9 Å². The molecule has 1 saturated heterocycles. The second-order valence-electron chi connectivity index (χ2n) is 5.26. The molecule has 0 aromatic heterocycles. The highest BCUT2D eigenvalue weighted by Gasteiger charge is 2.49. The molecule has 130 valence electrons. The van der Waals surface area contributed by atoms with Crippen LogP contribution in [0.3, 0.4) is 0 Å². The van der Waals surface area contributed by atoms with Crippen LogP contribution in [0.5, 0.6) is 0 Å². The maximum Gasteiger partial charge on any atom is 0.303 e. The standard InChI is InChI=1S/C15H22O7S/c1-8(2)7-23-15-14(21-11(5)18)13(20-10(4)17)12(22-15)6-19-9(3)16/h12-15H,1,6-7H2,2-5H3/t12-,13-,14-,15?/m1/s1. The van der Waals surface area contributed by atoms with Crippen LogP contribution in [0.2, 0.25) is 0 Å². The van der Waals surface area contributed by atoms with Crippen molar-refractivity contribution in [2.45, 2.75) is 51.4 Å². The maximum atomic E-state index is 11.4. The number of thioether (sulfide) groups is 1. The summed E-state index contributed by atoms with van der Waals surface area (Å²) < 4.78 is 21.2. The molecule has 1 aliphatic heterocycles. The van der Waals surface area contributed by atoms with Crippen molar-refractivity contribution in [2.75, 3.05) is 12.4 Å². The largest absolute Gasteiger partial charge is 0.463 e. The highest BCUT2D eigenvalue weighted by molar-refractivity contribution is 8.00. The lowest BCUT2D eigenvalue weighted by Crippen LogP contribution is -2.40. The summed E-state index contributed by atoms with van der Waals surface area (Å²) in [7, 11) is 0. The minimum absolute atomic E-state index is 0.0881. The van der Waals surface area contributed by atoms with Gasteiger partial charge in [-0.05, 0) is 6.92 Å². The van der Waals surface area contributed by atoms with E-state index < -0.39 is 41.7 Å². The van der Waals surface area contributed by atoms with Crippen molar-refractivity contribution in [3.05, 3.63) is 12.2 Å². The van der Waals surface area contributed by atoms with Gasteiger partial charge in [-0.15, -0.1) is 11.8 Å². The van der Waals surface area contributed by atoms with Gasteiger partial charge in [0.15, 0.2) is 12.2 Å². The highest BCUT2D eigenvalue weighted by atomic mass is 32.2. The van der Waals surface area contributed by atoms with Gasteiger partial charge >= 0.3 is 17.9 Å². The molecule has 0 bridgehead atoms. The summed E-state index contributed by atoms with van der Waals surface area (Å²) in [6.07, 6.45) is -2.31. The SMILES string of the molecule is C=C(C)CSC1O[C@H](COC(C)=O)[C@@H](OC(C)=O)[C@H]1OC(C)=O. The van der Waals surface area contributed by atoms with Gasteiger partial charge in [0.1, 0.15) is 18.1 Å². The Bertz CT molecular complexity index is 434. The van der Waals surface area contributed by atoms with E-state index in [-0.39, 0.29) is 6.61 Å². The van der Waals surface area contributed by atoms with E-state index in [2.05, 4.69) is 6.58 Å². The van der Waals surface area contributed by atoms with Crippen molar-refractivity contribution in [3.63, 3.8) is 0 Å². The molecule has 8 heteroatoms. The predicted molar refractivity (Wildman–Crippen MR) is 83.7 cm³/mol. The van der Waals surface area contributed by atoms with Crippen molar-refractivity contribution in [1.82, 2.24) is 0 Å². The molecule has 0 amide bonds. The maximum absolute atomic E-state index is 11.4. The molecule has 0 spiro atoms. The van der Waals surface area contributed by atoms with Gasteiger partial charge in [0.25, 0.3) is 0 Å². The molecule has 0 aromatic rings. The van der Waals surface area contributed by atoms with Crippen molar-refractivity contribution in [1.29, 1.82) is 0 Å². The summed E-state index contributed by atoms with van der Waals surface area (Å²) in [4.78, 5) is 33.7. The Kier molecular flexibility index (Phi) is 7.57. The Morgan fingerprint density at radius 2 is 1.57 bits per heavy atom.